The van der Waals surface area contributed by atoms with Gasteiger partial charge in [-0.3, -0.25) is 0 Å². The van der Waals surface area contributed by atoms with Crippen molar-refractivity contribution in [1.29, 1.82) is 0 Å². The summed E-state index contributed by atoms with van der Waals surface area (Å²) in [6.07, 6.45) is 0.229. The molecule has 1 atom stereocenters. The van der Waals surface area contributed by atoms with E-state index in [9.17, 15) is 8.78 Å². The van der Waals surface area contributed by atoms with Crippen LogP contribution in [-0.2, 0) is 6.42 Å². The molecule has 1 aromatic rings. The average Bonchev–Trinajstić information content (AvgIpc) is 2.14. The van der Waals surface area contributed by atoms with Crippen LogP contribution in [0.5, 0.6) is 5.75 Å². The Bertz CT molecular complexity index is 369. The van der Waals surface area contributed by atoms with Gasteiger partial charge in [0.15, 0.2) is 11.6 Å². The van der Waals surface area contributed by atoms with E-state index >= 15 is 0 Å². The molecule has 84 valence electrons. The van der Waals surface area contributed by atoms with Crippen LogP contribution in [0.2, 0.25) is 5.02 Å². The lowest BCUT2D eigenvalue weighted by Crippen LogP contribution is -2.19. The summed E-state index contributed by atoms with van der Waals surface area (Å²) in [6, 6.07) is 1.07. The maximum atomic E-state index is 13.4. The third-order valence-corrected chi connectivity index (χ3v) is 2.22. The zero-order chi connectivity index (χ0) is 11.6. The molecule has 0 aliphatic carbocycles. The summed E-state index contributed by atoms with van der Waals surface area (Å²) in [5.41, 5.74) is 5.66. The van der Waals surface area contributed by atoms with E-state index in [-0.39, 0.29) is 28.8 Å². The summed E-state index contributed by atoms with van der Waals surface area (Å²) < 4.78 is 31.4. The molecule has 0 bridgehead atoms. The fourth-order valence-electron chi connectivity index (χ4n) is 1.31. The van der Waals surface area contributed by atoms with Crippen LogP contribution in [0.4, 0.5) is 8.78 Å². The Labute approximate surface area is 92.0 Å². The molecule has 1 unspecified atom stereocenters. The van der Waals surface area contributed by atoms with Crippen LogP contribution >= 0.6 is 11.6 Å². The van der Waals surface area contributed by atoms with Crippen molar-refractivity contribution in [2.24, 2.45) is 5.73 Å². The molecule has 5 heteroatoms. The Hall–Kier alpha value is -0.870. The fourth-order valence-corrected chi connectivity index (χ4v) is 1.60. The van der Waals surface area contributed by atoms with Gasteiger partial charge in [-0.1, -0.05) is 11.6 Å². The number of benzene rings is 1. The number of hydrogen-bond donors (Lipinski definition) is 1. The monoisotopic (exact) mass is 235 g/mol. The van der Waals surface area contributed by atoms with E-state index in [4.69, 9.17) is 17.3 Å². The van der Waals surface area contributed by atoms with E-state index in [1.54, 1.807) is 6.92 Å². The summed E-state index contributed by atoms with van der Waals surface area (Å²) in [6.45, 7) is 1.70. The van der Waals surface area contributed by atoms with E-state index in [0.717, 1.165) is 0 Å². The van der Waals surface area contributed by atoms with Crippen molar-refractivity contribution >= 4 is 11.6 Å². The van der Waals surface area contributed by atoms with Crippen LogP contribution in [0.3, 0.4) is 0 Å². The molecule has 2 nitrogen and oxygen atoms in total. The van der Waals surface area contributed by atoms with Crippen molar-refractivity contribution < 1.29 is 13.5 Å². The van der Waals surface area contributed by atoms with Crippen molar-refractivity contribution in [1.82, 2.24) is 0 Å². The van der Waals surface area contributed by atoms with Gasteiger partial charge in [0, 0.05) is 6.04 Å². The zero-order valence-electron chi connectivity index (χ0n) is 8.48. The molecule has 0 saturated heterocycles. The molecular weight excluding hydrogens is 224 g/mol. The van der Waals surface area contributed by atoms with Crippen molar-refractivity contribution in [2.75, 3.05) is 7.11 Å². The zero-order valence-corrected chi connectivity index (χ0v) is 9.24. The predicted molar refractivity (Wildman–Crippen MR) is 55.3 cm³/mol. The number of halogens is 3. The van der Waals surface area contributed by atoms with Crippen LogP contribution in [0.25, 0.3) is 0 Å². The van der Waals surface area contributed by atoms with Gasteiger partial charge in [-0.2, -0.15) is 4.39 Å². The van der Waals surface area contributed by atoms with Gasteiger partial charge in [-0.05, 0) is 25.0 Å². The van der Waals surface area contributed by atoms with Crippen molar-refractivity contribution in [3.05, 3.63) is 28.3 Å². The molecule has 0 aliphatic heterocycles. The summed E-state index contributed by atoms with van der Waals surface area (Å²) in [5.74, 6) is -2.29. The number of hydrogen-bond acceptors (Lipinski definition) is 2. The first-order valence-corrected chi connectivity index (χ1v) is 4.81. The van der Waals surface area contributed by atoms with Crippen LogP contribution in [0.1, 0.15) is 12.5 Å². The first-order valence-electron chi connectivity index (χ1n) is 4.43. The van der Waals surface area contributed by atoms with E-state index in [1.165, 1.54) is 13.2 Å². The molecular formula is C10H12ClF2NO. The van der Waals surface area contributed by atoms with Crippen LogP contribution in [-0.4, -0.2) is 13.2 Å². The van der Waals surface area contributed by atoms with Gasteiger partial charge < -0.3 is 10.5 Å². The highest BCUT2D eigenvalue weighted by Crippen LogP contribution is 2.31. The van der Waals surface area contributed by atoms with Gasteiger partial charge in [0.2, 0.25) is 5.82 Å². The Morgan fingerprint density at radius 3 is 2.53 bits per heavy atom. The molecule has 0 amide bonds. The Morgan fingerprint density at radius 1 is 1.47 bits per heavy atom. The molecule has 1 aromatic carbocycles. The number of ether oxygens (including phenoxy) is 1. The molecule has 2 N–H and O–H groups in total. The Kier molecular flexibility index (Phi) is 3.88. The third-order valence-electron chi connectivity index (χ3n) is 1.94. The maximum Gasteiger partial charge on any atom is 0.202 e. The molecule has 0 saturated carbocycles. The minimum Gasteiger partial charge on any atom is -0.492 e. The first kappa shape index (κ1) is 12.2. The number of rotatable bonds is 3. The summed E-state index contributed by atoms with van der Waals surface area (Å²) in [7, 11) is 1.23. The average molecular weight is 236 g/mol. The van der Waals surface area contributed by atoms with E-state index in [1.807, 2.05) is 0 Å². The standard InChI is InChI=1S/C10H12ClF2NO/c1-5(14)3-6-4-7(11)10(15-2)9(13)8(6)12/h4-5H,3,14H2,1-2H3. The minimum absolute atomic E-state index is 0.0482. The van der Waals surface area contributed by atoms with Crippen molar-refractivity contribution in [3.63, 3.8) is 0 Å². The van der Waals surface area contributed by atoms with Crippen LogP contribution in [0, 0.1) is 11.6 Å². The number of nitrogens with two attached hydrogens (primary N) is 1. The second-order valence-electron chi connectivity index (χ2n) is 3.36. The SMILES string of the molecule is COc1c(Cl)cc(CC(C)N)c(F)c1F. The fraction of sp³-hybridized carbons (Fsp3) is 0.400. The lowest BCUT2D eigenvalue weighted by atomic mass is 10.1. The lowest BCUT2D eigenvalue weighted by molar-refractivity contribution is 0.370. The summed E-state index contributed by atoms with van der Waals surface area (Å²) >= 11 is 5.72. The highest BCUT2D eigenvalue weighted by molar-refractivity contribution is 6.32. The van der Waals surface area contributed by atoms with E-state index < -0.39 is 11.6 Å². The van der Waals surface area contributed by atoms with Crippen LogP contribution < -0.4 is 10.5 Å². The van der Waals surface area contributed by atoms with E-state index in [2.05, 4.69) is 4.74 Å². The molecule has 0 aliphatic rings. The summed E-state index contributed by atoms with van der Waals surface area (Å²) in [5, 5.41) is 0.0482. The van der Waals surface area contributed by atoms with Gasteiger partial charge >= 0.3 is 0 Å². The van der Waals surface area contributed by atoms with Crippen molar-refractivity contribution in [2.45, 2.75) is 19.4 Å². The highest BCUT2D eigenvalue weighted by Gasteiger charge is 2.18. The molecule has 1 rings (SSSR count). The summed E-state index contributed by atoms with van der Waals surface area (Å²) in [4.78, 5) is 0. The smallest absolute Gasteiger partial charge is 0.202 e. The van der Waals surface area contributed by atoms with Gasteiger partial charge in [-0.15, -0.1) is 0 Å². The Balaban J connectivity index is 3.21. The molecule has 0 spiro atoms. The minimum atomic E-state index is -1.07. The quantitative estimate of drug-likeness (QED) is 0.817. The second kappa shape index (κ2) is 4.77. The molecule has 0 fully saturated rings. The second-order valence-corrected chi connectivity index (χ2v) is 3.77. The van der Waals surface area contributed by atoms with Gasteiger partial charge in [-0.25, -0.2) is 4.39 Å². The van der Waals surface area contributed by atoms with Gasteiger partial charge in [0.05, 0.1) is 12.1 Å². The molecule has 15 heavy (non-hydrogen) atoms. The first-order chi connectivity index (χ1) is 6.97. The normalized spacial score (nSPS) is 12.7. The Morgan fingerprint density at radius 2 is 2.07 bits per heavy atom. The molecule has 0 heterocycles. The predicted octanol–water partition coefficient (Wildman–Crippen LogP) is 2.52. The third kappa shape index (κ3) is 2.58. The largest absolute Gasteiger partial charge is 0.492 e. The van der Waals surface area contributed by atoms with Crippen molar-refractivity contribution in [3.8, 4) is 5.75 Å². The van der Waals surface area contributed by atoms with Gasteiger partial charge in [0.25, 0.3) is 0 Å². The lowest BCUT2D eigenvalue weighted by Gasteiger charge is -2.11. The molecule has 0 aromatic heterocycles. The number of methoxy groups -OCH3 is 1. The van der Waals surface area contributed by atoms with Gasteiger partial charge in [0.1, 0.15) is 0 Å². The topological polar surface area (TPSA) is 35.2 Å². The van der Waals surface area contributed by atoms with Crippen LogP contribution in [0.15, 0.2) is 6.07 Å². The maximum absolute atomic E-state index is 13.4. The van der Waals surface area contributed by atoms with E-state index in [0.29, 0.717) is 0 Å². The highest BCUT2D eigenvalue weighted by atomic mass is 35.5. The molecule has 0 radical (unpaired) electrons.